The molecule has 7 nitrogen and oxygen atoms in total. The number of nitrogens with one attached hydrogen (secondary N) is 1. The van der Waals surface area contributed by atoms with Crippen LogP contribution in [0.4, 0.5) is 16.3 Å². The molecule has 0 unspecified atom stereocenters. The highest BCUT2D eigenvalue weighted by Crippen LogP contribution is 2.13. The summed E-state index contributed by atoms with van der Waals surface area (Å²) in [6.07, 6.45) is 1.50. The highest BCUT2D eigenvalue weighted by Gasteiger charge is 2.25. The number of hydrogen-bond donors (Lipinski definition) is 2. The predicted octanol–water partition coefficient (Wildman–Crippen LogP) is 1.63. The lowest BCUT2D eigenvalue weighted by Crippen LogP contribution is -2.50. The molecule has 1 aromatic heterocycles. The summed E-state index contributed by atoms with van der Waals surface area (Å²) in [5.74, 6) is 0.722. The average molecular weight is 321 g/mol. The van der Waals surface area contributed by atoms with Gasteiger partial charge in [0.2, 0.25) is 0 Å². The largest absolute Gasteiger partial charge is 0.444 e. The molecule has 0 aliphatic carbocycles. The Hall–Kier alpha value is -2.02. The van der Waals surface area contributed by atoms with Gasteiger partial charge in [-0.2, -0.15) is 0 Å². The zero-order chi connectivity index (χ0) is 16.9. The van der Waals surface area contributed by atoms with Crippen molar-refractivity contribution >= 4 is 17.6 Å². The number of nitrogens with two attached hydrogens (primary N) is 1. The lowest BCUT2D eigenvalue weighted by Gasteiger charge is -2.35. The Bertz CT molecular complexity index is 521. The molecule has 0 aromatic carbocycles. The van der Waals surface area contributed by atoms with Gasteiger partial charge in [-0.25, -0.2) is 9.78 Å². The van der Waals surface area contributed by atoms with Gasteiger partial charge in [0.1, 0.15) is 11.4 Å². The highest BCUT2D eigenvalue weighted by atomic mass is 16.6. The standard InChI is InChI=1S/C16H27N5O2/c1-16(2,3)23-15(22)21-11-9-20(10-12-21)8-7-19-14-13(17)5-4-6-18-14/h4-6H,7-12,17H2,1-3H3,(H,18,19). The molecule has 23 heavy (non-hydrogen) atoms. The Morgan fingerprint density at radius 3 is 2.65 bits per heavy atom. The number of hydrogen-bond acceptors (Lipinski definition) is 6. The van der Waals surface area contributed by atoms with Gasteiger partial charge in [-0.3, -0.25) is 4.90 Å². The van der Waals surface area contributed by atoms with Gasteiger partial charge >= 0.3 is 6.09 Å². The van der Waals surface area contributed by atoms with E-state index in [-0.39, 0.29) is 6.09 Å². The Morgan fingerprint density at radius 1 is 1.35 bits per heavy atom. The van der Waals surface area contributed by atoms with E-state index in [0.717, 1.165) is 32.0 Å². The van der Waals surface area contributed by atoms with Gasteiger partial charge in [-0.15, -0.1) is 0 Å². The fourth-order valence-electron chi connectivity index (χ4n) is 2.38. The number of nitrogen functional groups attached to an aromatic ring is 1. The summed E-state index contributed by atoms with van der Waals surface area (Å²) in [5.41, 5.74) is 6.06. The van der Waals surface area contributed by atoms with Crippen LogP contribution in [0.2, 0.25) is 0 Å². The molecule has 1 aromatic rings. The van der Waals surface area contributed by atoms with Crippen LogP contribution < -0.4 is 11.1 Å². The monoisotopic (exact) mass is 321 g/mol. The van der Waals surface area contributed by atoms with Gasteiger partial charge in [0, 0.05) is 45.5 Å². The van der Waals surface area contributed by atoms with Crippen molar-refractivity contribution in [2.75, 3.05) is 50.3 Å². The van der Waals surface area contributed by atoms with Gasteiger partial charge < -0.3 is 20.7 Å². The minimum atomic E-state index is -0.444. The number of anilines is 2. The zero-order valence-electron chi connectivity index (χ0n) is 14.2. The van der Waals surface area contributed by atoms with E-state index in [0.29, 0.717) is 18.8 Å². The highest BCUT2D eigenvalue weighted by molar-refractivity contribution is 5.68. The second kappa shape index (κ2) is 7.50. The van der Waals surface area contributed by atoms with Crippen LogP contribution in [0.5, 0.6) is 0 Å². The summed E-state index contributed by atoms with van der Waals surface area (Å²) >= 11 is 0. The molecule has 0 saturated carbocycles. The maximum absolute atomic E-state index is 12.0. The van der Waals surface area contributed by atoms with Crippen molar-refractivity contribution in [2.45, 2.75) is 26.4 Å². The molecule has 0 atom stereocenters. The molecular weight excluding hydrogens is 294 g/mol. The predicted molar refractivity (Wildman–Crippen MR) is 91.4 cm³/mol. The van der Waals surface area contributed by atoms with Crippen molar-refractivity contribution in [2.24, 2.45) is 0 Å². The van der Waals surface area contributed by atoms with Crippen LogP contribution in [-0.4, -0.2) is 65.7 Å². The Morgan fingerprint density at radius 2 is 2.04 bits per heavy atom. The summed E-state index contributed by atoms with van der Waals surface area (Å²) in [6, 6.07) is 3.64. The summed E-state index contributed by atoms with van der Waals surface area (Å²) in [5, 5.41) is 3.24. The Balaban J connectivity index is 1.69. The second-order valence-electron chi connectivity index (χ2n) is 6.68. The molecule has 1 aliphatic rings. The normalized spacial score (nSPS) is 16.2. The molecule has 1 saturated heterocycles. The van der Waals surface area contributed by atoms with Gasteiger partial charge in [0.05, 0.1) is 5.69 Å². The molecule has 7 heteroatoms. The number of rotatable bonds is 4. The molecule has 2 heterocycles. The number of nitrogens with zero attached hydrogens (tertiary/aromatic N) is 3. The lowest BCUT2D eigenvalue weighted by atomic mass is 10.2. The second-order valence-corrected chi connectivity index (χ2v) is 6.68. The number of pyridine rings is 1. The third-order valence-electron chi connectivity index (χ3n) is 3.58. The fourth-order valence-corrected chi connectivity index (χ4v) is 2.38. The third kappa shape index (κ3) is 5.59. The van der Waals surface area contributed by atoms with Crippen LogP contribution in [0.1, 0.15) is 20.8 Å². The molecule has 1 amide bonds. The number of aromatic nitrogens is 1. The number of carbonyl (C=O) groups is 1. The van der Waals surface area contributed by atoms with E-state index in [9.17, 15) is 4.79 Å². The number of carbonyl (C=O) groups excluding carboxylic acids is 1. The van der Waals surface area contributed by atoms with Crippen molar-refractivity contribution in [3.05, 3.63) is 18.3 Å². The minimum Gasteiger partial charge on any atom is -0.444 e. The van der Waals surface area contributed by atoms with E-state index in [1.54, 1.807) is 11.1 Å². The van der Waals surface area contributed by atoms with E-state index in [1.165, 1.54) is 0 Å². The first-order valence-electron chi connectivity index (χ1n) is 8.00. The summed E-state index contributed by atoms with van der Waals surface area (Å²) < 4.78 is 5.40. The van der Waals surface area contributed by atoms with Crippen LogP contribution in [0.25, 0.3) is 0 Å². The topological polar surface area (TPSA) is 83.7 Å². The van der Waals surface area contributed by atoms with Gasteiger partial charge in [-0.05, 0) is 32.9 Å². The maximum atomic E-state index is 12.0. The first-order valence-corrected chi connectivity index (χ1v) is 8.00. The van der Waals surface area contributed by atoms with Crippen LogP contribution in [-0.2, 0) is 4.74 Å². The third-order valence-corrected chi connectivity index (χ3v) is 3.58. The van der Waals surface area contributed by atoms with E-state index in [2.05, 4.69) is 15.2 Å². The lowest BCUT2D eigenvalue weighted by molar-refractivity contribution is 0.0148. The van der Waals surface area contributed by atoms with Crippen LogP contribution in [0.15, 0.2) is 18.3 Å². The first-order chi connectivity index (χ1) is 10.8. The quantitative estimate of drug-likeness (QED) is 0.877. The number of amides is 1. The smallest absolute Gasteiger partial charge is 0.410 e. The maximum Gasteiger partial charge on any atom is 0.410 e. The molecule has 2 rings (SSSR count). The van der Waals surface area contributed by atoms with Crippen molar-refractivity contribution in [1.29, 1.82) is 0 Å². The van der Waals surface area contributed by atoms with Gasteiger partial charge in [0.25, 0.3) is 0 Å². The van der Waals surface area contributed by atoms with E-state index >= 15 is 0 Å². The van der Waals surface area contributed by atoms with Crippen LogP contribution in [0, 0.1) is 0 Å². The number of ether oxygens (including phenoxy) is 1. The van der Waals surface area contributed by atoms with E-state index in [1.807, 2.05) is 32.9 Å². The SMILES string of the molecule is CC(C)(C)OC(=O)N1CCN(CCNc2ncccc2N)CC1. The number of piperazine rings is 1. The Kier molecular flexibility index (Phi) is 5.65. The summed E-state index contributed by atoms with van der Waals surface area (Å²) in [7, 11) is 0. The van der Waals surface area contributed by atoms with Crippen LogP contribution >= 0.6 is 0 Å². The summed E-state index contributed by atoms with van der Waals surface area (Å²) in [6.45, 7) is 10.4. The fraction of sp³-hybridized carbons (Fsp3) is 0.625. The molecule has 1 aliphatic heterocycles. The van der Waals surface area contributed by atoms with Crippen LogP contribution in [0.3, 0.4) is 0 Å². The minimum absolute atomic E-state index is 0.225. The molecule has 3 N–H and O–H groups in total. The molecule has 0 spiro atoms. The summed E-state index contributed by atoms with van der Waals surface area (Å²) in [4.78, 5) is 20.3. The van der Waals surface area contributed by atoms with Gasteiger partial charge in [-0.1, -0.05) is 0 Å². The van der Waals surface area contributed by atoms with E-state index < -0.39 is 5.60 Å². The zero-order valence-corrected chi connectivity index (χ0v) is 14.2. The average Bonchev–Trinajstić information content (AvgIpc) is 2.48. The molecule has 1 fully saturated rings. The van der Waals surface area contributed by atoms with Crippen molar-refractivity contribution in [3.63, 3.8) is 0 Å². The van der Waals surface area contributed by atoms with E-state index in [4.69, 9.17) is 10.5 Å². The van der Waals surface area contributed by atoms with Crippen molar-refractivity contribution in [3.8, 4) is 0 Å². The first kappa shape index (κ1) is 17.3. The van der Waals surface area contributed by atoms with Gasteiger partial charge in [0.15, 0.2) is 0 Å². The molecule has 0 radical (unpaired) electrons. The van der Waals surface area contributed by atoms with Crippen molar-refractivity contribution < 1.29 is 9.53 Å². The molecule has 0 bridgehead atoms. The molecule has 128 valence electrons. The van der Waals surface area contributed by atoms with Crippen molar-refractivity contribution in [1.82, 2.24) is 14.8 Å². The molecular formula is C16H27N5O2. The Labute approximate surface area is 137 Å².